The number of anilines is 2. The number of rotatable bonds is 5. The van der Waals surface area contributed by atoms with Gasteiger partial charge in [-0.3, -0.25) is 9.69 Å². The summed E-state index contributed by atoms with van der Waals surface area (Å²) in [5.74, 6) is 1.16. The van der Waals surface area contributed by atoms with E-state index in [0.717, 1.165) is 5.69 Å². The van der Waals surface area contributed by atoms with Gasteiger partial charge in [0.25, 0.3) is 0 Å². The summed E-state index contributed by atoms with van der Waals surface area (Å²) in [7, 11) is 1.88. The number of oxime groups is 1. The highest BCUT2D eigenvalue weighted by Gasteiger charge is 2.33. The fourth-order valence-corrected chi connectivity index (χ4v) is 2.76. The summed E-state index contributed by atoms with van der Waals surface area (Å²) in [6, 6.07) is 5.48. The minimum absolute atomic E-state index is 0.158. The van der Waals surface area contributed by atoms with Crippen LogP contribution in [-0.4, -0.2) is 57.3 Å². The van der Waals surface area contributed by atoms with E-state index in [1.54, 1.807) is 6.07 Å². The highest BCUT2D eigenvalue weighted by Crippen LogP contribution is 2.36. The molecular formula is C17H22N4O5. The number of amides is 2. The number of hydrogen-bond donors (Lipinski definition) is 1. The number of nitrogens with zero attached hydrogens (tertiary/aromatic N) is 3. The minimum Gasteiger partial charge on any atom is -0.483 e. The third kappa shape index (κ3) is 3.66. The highest BCUT2D eigenvalue weighted by molar-refractivity contribution is 6.01. The molecule has 0 saturated carbocycles. The van der Waals surface area contributed by atoms with Gasteiger partial charge in [0.15, 0.2) is 5.84 Å². The van der Waals surface area contributed by atoms with Crippen LogP contribution in [0.15, 0.2) is 23.4 Å². The third-order valence-corrected chi connectivity index (χ3v) is 4.11. The van der Waals surface area contributed by atoms with Gasteiger partial charge in [0, 0.05) is 20.0 Å². The van der Waals surface area contributed by atoms with Gasteiger partial charge in [-0.1, -0.05) is 5.16 Å². The summed E-state index contributed by atoms with van der Waals surface area (Å²) in [4.78, 5) is 31.7. The molecule has 140 valence electrons. The Hall–Kier alpha value is -2.97. The van der Waals surface area contributed by atoms with Crippen molar-refractivity contribution in [3.05, 3.63) is 18.2 Å². The molecule has 0 aromatic heterocycles. The van der Waals surface area contributed by atoms with Crippen LogP contribution in [0.25, 0.3) is 0 Å². The summed E-state index contributed by atoms with van der Waals surface area (Å²) in [6.45, 7) is 4.71. The van der Waals surface area contributed by atoms with Crippen molar-refractivity contribution in [2.75, 3.05) is 43.2 Å². The lowest BCUT2D eigenvalue weighted by atomic mass is 10.2. The molecule has 0 unspecified atom stereocenters. The molecule has 0 aliphatic carbocycles. The number of fused-ring (bicyclic) bond motifs is 1. The molecule has 2 aliphatic rings. The Bertz CT molecular complexity index is 736. The summed E-state index contributed by atoms with van der Waals surface area (Å²) in [5, 5.41) is 6.69. The molecule has 0 bridgehead atoms. The Labute approximate surface area is 151 Å². The zero-order valence-electron chi connectivity index (χ0n) is 15.0. The lowest BCUT2D eigenvalue weighted by molar-refractivity contribution is -0.119. The van der Waals surface area contributed by atoms with Gasteiger partial charge in [-0.25, -0.2) is 4.79 Å². The van der Waals surface area contributed by atoms with Gasteiger partial charge in [0.1, 0.15) is 25.1 Å². The van der Waals surface area contributed by atoms with Gasteiger partial charge < -0.3 is 24.5 Å². The van der Waals surface area contributed by atoms with E-state index >= 15 is 0 Å². The van der Waals surface area contributed by atoms with Crippen molar-refractivity contribution in [1.82, 2.24) is 5.32 Å². The second-order valence-electron chi connectivity index (χ2n) is 5.98. The Morgan fingerprint density at radius 3 is 3.00 bits per heavy atom. The zero-order valence-corrected chi connectivity index (χ0v) is 15.0. The quantitative estimate of drug-likeness (QED) is 0.795. The first-order chi connectivity index (χ1) is 12.5. The second-order valence-corrected chi connectivity index (χ2v) is 5.98. The van der Waals surface area contributed by atoms with Gasteiger partial charge >= 0.3 is 6.09 Å². The van der Waals surface area contributed by atoms with Gasteiger partial charge in [-0.15, -0.1) is 0 Å². The van der Waals surface area contributed by atoms with E-state index in [-0.39, 0.29) is 18.6 Å². The van der Waals surface area contributed by atoms with Gasteiger partial charge in [-0.2, -0.15) is 0 Å². The van der Waals surface area contributed by atoms with Crippen molar-refractivity contribution in [3.63, 3.8) is 0 Å². The Morgan fingerprint density at radius 2 is 2.27 bits per heavy atom. The van der Waals surface area contributed by atoms with E-state index in [1.165, 1.54) is 11.8 Å². The van der Waals surface area contributed by atoms with Crippen LogP contribution in [0.4, 0.5) is 16.2 Å². The largest absolute Gasteiger partial charge is 0.483 e. The van der Waals surface area contributed by atoms with Crippen molar-refractivity contribution in [2.24, 2.45) is 5.16 Å². The fourth-order valence-electron chi connectivity index (χ4n) is 2.76. The molecule has 1 aromatic rings. The lowest BCUT2D eigenvalue weighted by Crippen LogP contribution is -2.36. The first-order valence-corrected chi connectivity index (χ1v) is 8.41. The molecule has 1 saturated heterocycles. The second kappa shape index (κ2) is 7.51. The molecule has 3 rings (SSSR count). The zero-order chi connectivity index (χ0) is 18.7. The van der Waals surface area contributed by atoms with Gasteiger partial charge in [0.05, 0.1) is 24.5 Å². The third-order valence-electron chi connectivity index (χ3n) is 4.11. The Kier molecular flexibility index (Phi) is 5.15. The molecule has 0 radical (unpaired) electrons. The van der Waals surface area contributed by atoms with Crippen molar-refractivity contribution in [2.45, 2.75) is 20.0 Å². The highest BCUT2D eigenvalue weighted by atomic mass is 16.6. The van der Waals surface area contributed by atoms with Crippen molar-refractivity contribution in [3.8, 4) is 5.75 Å². The van der Waals surface area contributed by atoms with E-state index in [2.05, 4.69) is 10.5 Å². The SMILES string of the molecule is CCO/N=C1\COc2cc(N3C[C@H](CNC(C)=O)OC3=O)ccc2N1C. The Balaban J connectivity index is 1.74. The van der Waals surface area contributed by atoms with E-state index in [1.807, 2.05) is 31.0 Å². The molecule has 2 amide bonds. The van der Waals surface area contributed by atoms with Crippen molar-refractivity contribution >= 4 is 29.2 Å². The molecule has 1 aromatic carbocycles. The number of carbonyl (C=O) groups is 2. The molecule has 2 heterocycles. The van der Waals surface area contributed by atoms with E-state index < -0.39 is 6.09 Å². The number of amidine groups is 1. The number of cyclic esters (lactones) is 1. The molecule has 9 heteroatoms. The number of ether oxygens (including phenoxy) is 2. The summed E-state index contributed by atoms with van der Waals surface area (Å²) in [6.07, 6.45) is -0.820. The molecule has 26 heavy (non-hydrogen) atoms. The molecular weight excluding hydrogens is 340 g/mol. The van der Waals surface area contributed by atoms with E-state index in [0.29, 0.717) is 37.0 Å². The molecule has 2 aliphatic heterocycles. The standard InChI is InChI=1S/C17H22N4O5/c1-4-25-19-16-10-24-15-7-12(5-6-14(15)20(16)3)21-9-13(26-17(21)23)8-18-11(2)22/h5-7,13H,4,8-10H2,1-3H3,(H,18,22)/b19-16+/t13-/m0/s1. The predicted octanol–water partition coefficient (Wildman–Crippen LogP) is 1.33. The number of hydrogen-bond acceptors (Lipinski definition) is 6. The topological polar surface area (TPSA) is 92.7 Å². The molecule has 1 fully saturated rings. The molecule has 0 spiro atoms. The number of nitrogens with one attached hydrogen (secondary N) is 1. The summed E-state index contributed by atoms with van der Waals surface area (Å²) in [5.41, 5.74) is 1.51. The van der Waals surface area contributed by atoms with Crippen LogP contribution in [0.3, 0.4) is 0 Å². The normalized spacial score (nSPS) is 20.5. The van der Waals surface area contributed by atoms with Crippen LogP contribution in [0.1, 0.15) is 13.8 Å². The lowest BCUT2D eigenvalue weighted by Gasteiger charge is -2.29. The first-order valence-electron chi connectivity index (χ1n) is 8.41. The Morgan fingerprint density at radius 1 is 1.46 bits per heavy atom. The molecule has 1 N–H and O–H groups in total. The van der Waals surface area contributed by atoms with Crippen LogP contribution in [0.2, 0.25) is 0 Å². The van der Waals surface area contributed by atoms with Crippen LogP contribution >= 0.6 is 0 Å². The maximum absolute atomic E-state index is 12.1. The fraction of sp³-hybridized carbons (Fsp3) is 0.471. The first kappa shape index (κ1) is 17.8. The smallest absolute Gasteiger partial charge is 0.414 e. The van der Waals surface area contributed by atoms with Crippen LogP contribution in [0, 0.1) is 0 Å². The minimum atomic E-state index is -0.442. The number of likely N-dealkylation sites (N-methyl/N-ethyl adjacent to an activating group) is 1. The number of carbonyl (C=O) groups excluding carboxylic acids is 2. The maximum Gasteiger partial charge on any atom is 0.414 e. The predicted molar refractivity (Wildman–Crippen MR) is 95.7 cm³/mol. The average molecular weight is 362 g/mol. The monoisotopic (exact) mass is 362 g/mol. The molecule has 1 atom stereocenters. The summed E-state index contributed by atoms with van der Waals surface area (Å²) >= 11 is 0. The van der Waals surface area contributed by atoms with Crippen molar-refractivity contribution in [1.29, 1.82) is 0 Å². The number of benzene rings is 1. The average Bonchev–Trinajstić information content (AvgIpc) is 3.00. The van der Waals surface area contributed by atoms with Crippen LogP contribution < -0.4 is 19.9 Å². The van der Waals surface area contributed by atoms with Crippen LogP contribution in [0.5, 0.6) is 5.75 Å². The van der Waals surface area contributed by atoms with E-state index in [4.69, 9.17) is 14.3 Å². The van der Waals surface area contributed by atoms with Crippen LogP contribution in [-0.2, 0) is 14.4 Å². The van der Waals surface area contributed by atoms with Gasteiger partial charge in [-0.05, 0) is 19.1 Å². The van der Waals surface area contributed by atoms with E-state index in [9.17, 15) is 9.59 Å². The molecule has 9 nitrogen and oxygen atoms in total. The summed E-state index contributed by atoms with van der Waals surface area (Å²) < 4.78 is 11.0. The van der Waals surface area contributed by atoms with Crippen molar-refractivity contribution < 1.29 is 23.9 Å². The van der Waals surface area contributed by atoms with Gasteiger partial charge in [0.2, 0.25) is 5.91 Å². The maximum atomic E-state index is 12.1.